The van der Waals surface area contributed by atoms with Crippen molar-refractivity contribution in [1.29, 1.82) is 0 Å². The lowest BCUT2D eigenvalue weighted by Crippen LogP contribution is -2.38. The molecule has 0 aromatic carbocycles. The van der Waals surface area contributed by atoms with Gasteiger partial charge in [-0.2, -0.15) is 0 Å². The lowest BCUT2D eigenvalue weighted by Gasteiger charge is -2.15. The zero-order chi connectivity index (χ0) is 12.6. The van der Waals surface area contributed by atoms with E-state index in [1.165, 1.54) is 14.0 Å². The molecule has 2 atom stereocenters. The smallest absolute Gasteiger partial charge is 0.325 e. The van der Waals surface area contributed by atoms with Gasteiger partial charge in [-0.1, -0.05) is 15.9 Å². The average molecular weight is 293 g/mol. The molecule has 0 bridgehead atoms. The standard InChI is InChI=1S/C10H13BrO5/c1-4-16-8(14)9(7(13)15-3)5-10(9,11)6(2)12/h4-5H2,1-3H3. The molecule has 16 heavy (non-hydrogen) atoms. The van der Waals surface area contributed by atoms with Gasteiger partial charge < -0.3 is 9.47 Å². The third-order valence-corrected chi connectivity index (χ3v) is 4.29. The van der Waals surface area contributed by atoms with Crippen LogP contribution in [0.1, 0.15) is 20.3 Å². The number of ketones is 1. The molecule has 1 fully saturated rings. The number of ether oxygens (including phenoxy) is 2. The van der Waals surface area contributed by atoms with Gasteiger partial charge in [-0.15, -0.1) is 0 Å². The number of esters is 2. The van der Waals surface area contributed by atoms with Gasteiger partial charge in [0.15, 0.2) is 5.41 Å². The number of carbonyl (C=O) groups is 3. The summed E-state index contributed by atoms with van der Waals surface area (Å²) in [4.78, 5) is 34.8. The first kappa shape index (κ1) is 13.2. The number of alkyl halides is 1. The van der Waals surface area contributed by atoms with E-state index in [1.807, 2.05) is 0 Å². The van der Waals surface area contributed by atoms with Crippen molar-refractivity contribution < 1.29 is 23.9 Å². The second-order valence-corrected chi connectivity index (χ2v) is 5.01. The predicted octanol–water partition coefficient (Wildman–Crippen LogP) is 0.835. The van der Waals surface area contributed by atoms with E-state index in [0.717, 1.165) is 0 Å². The topological polar surface area (TPSA) is 69.7 Å². The van der Waals surface area contributed by atoms with Gasteiger partial charge >= 0.3 is 11.9 Å². The molecule has 90 valence electrons. The Morgan fingerprint density at radius 1 is 1.31 bits per heavy atom. The predicted molar refractivity (Wildman–Crippen MR) is 58.0 cm³/mol. The summed E-state index contributed by atoms with van der Waals surface area (Å²) in [5.41, 5.74) is -1.51. The van der Waals surface area contributed by atoms with E-state index in [1.54, 1.807) is 6.92 Å². The summed E-state index contributed by atoms with van der Waals surface area (Å²) in [5.74, 6) is -1.74. The third kappa shape index (κ3) is 1.55. The molecule has 2 unspecified atom stereocenters. The molecular formula is C10H13BrO5. The molecule has 0 aromatic rings. The largest absolute Gasteiger partial charge is 0.468 e. The molecule has 0 spiro atoms. The number of hydrogen-bond acceptors (Lipinski definition) is 5. The van der Waals surface area contributed by atoms with E-state index in [9.17, 15) is 14.4 Å². The first-order valence-corrected chi connectivity index (χ1v) is 5.61. The summed E-state index contributed by atoms with van der Waals surface area (Å²) in [7, 11) is 1.18. The molecule has 0 amide bonds. The van der Waals surface area contributed by atoms with Crippen LogP contribution in [0.4, 0.5) is 0 Å². The summed E-state index contributed by atoms with van der Waals surface area (Å²) in [5, 5.41) is 0. The highest BCUT2D eigenvalue weighted by Crippen LogP contribution is 2.64. The SMILES string of the molecule is CCOC(=O)C1(C(=O)OC)CC1(Br)C(C)=O. The molecule has 0 heterocycles. The lowest BCUT2D eigenvalue weighted by molar-refractivity contribution is -0.163. The van der Waals surface area contributed by atoms with E-state index in [2.05, 4.69) is 20.7 Å². The van der Waals surface area contributed by atoms with E-state index in [-0.39, 0.29) is 18.8 Å². The highest BCUT2D eigenvalue weighted by Gasteiger charge is 2.80. The average Bonchev–Trinajstić information content (AvgIpc) is 2.87. The Hall–Kier alpha value is -0.910. The Labute approximate surface area is 102 Å². The fourth-order valence-electron chi connectivity index (χ4n) is 1.73. The minimum atomic E-state index is -1.51. The number of Topliss-reactive ketones (excluding diaryl/α,β-unsaturated/α-hetero) is 1. The van der Waals surface area contributed by atoms with Crippen LogP contribution in [-0.2, 0) is 23.9 Å². The highest BCUT2D eigenvalue weighted by molar-refractivity contribution is 9.10. The number of carbonyl (C=O) groups excluding carboxylic acids is 3. The summed E-state index contributed by atoms with van der Waals surface area (Å²) >= 11 is 3.14. The molecule has 0 saturated heterocycles. The van der Waals surface area contributed by atoms with Crippen LogP contribution in [0.2, 0.25) is 0 Å². The highest BCUT2D eigenvalue weighted by atomic mass is 79.9. The molecule has 1 aliphatic rings. The van der Waals surface area contributed by atoms with E-state index >= 15 is 0 Å². The zero-order valence-corrected chi connectivity index (χ0v) is 10.9. The maximum Gasteiger partial charge on any atom is 0.325 e. The quantitative estimate of drug-likeness (QED) is 0.436. The van der Waals surface area contributed by atoms with E-state index in [4.69, 9.17) is 4.74 Å². The van der Waals surface area contributed by atoms with Crippen LogP contribution in [-0.4, -0.2) is 35.8 Å². The molecule has 0 radical (unpaired) electrons. The fourth-order valence-corrected chi connectivity index (χ4v) is 2.47. The Morgan fingerprint density at radius 3 is 2.19 bits per heavy atom. The first-order chi connectivity index (χ1) is 7.36. The Bertz CT molecular complexity index is 353. The molecule has 1 rings (SSSR count). The second kappa shape index (κ2) is 4.16. The van der Waals surface area contributed by atoms with Crippen molar-refractivity contribution in [2.45, 2.75) is 24.6 Å². The van der Waals surface area contributed by atoms with Gasteiger partial charge in [0, 0.05) is 0 Å². The van der Waals surface area contributed by atoms with Crippen LogP contribution >= 0.6 is 15.9 Å². The van der Waals surface area contributed by atoms with Gasteiger partial charge in [0.05, 0.1) is 13.7 Å². The maximum atomic E-state index is 11.7. The number of hydrogen-bond donors (Lipinski definition) is 0. The van der Waals surface area contributed by atoms with Crippen LogP contribution in [0.15, 0.2) is 0 Å². The van der Waals surface area contributed by atoms with Crippen molar-refractivity contribution in [2.75, 3.05) is 13.7 Å². The molecule has 0 aliphatic heterocycles. The van der Waals surface area contributed by atoms with Crippen LogP contribution in [0.5, 0.6) is 0 Å². The molecule has 6 heteroatoms. The summed E-state index contributed by atoms with van der Waals surface area (Å²) in [6.07, 6.45) is 0.0842. The monoisotopic (exact) mass is 292 g/mol. The van der Waals surface area contributed by atoms with Crippen LogP contribution < -0.4 is 0 Å². The van der Waals surface area contributed by atoms with E-state index in [0.29, 0.717) is 0 Å². The van der Waals surface area contributed by atoms with Crippen LogP contribution in [0.25, 0.3) is 0 Å². The Kier molecular flexibility index (Phi) is 3.42. The summed E-state index contributed by atoms with van der Waals surface area (Å²) in [6.45, 7) is 3.10. The Morgan fingerprint density at radius 2 is 1.88 bits per heavy atom. The van der Waals surface area contributed by atoms with Crippen LogP contribution in [0, 0.1) is 5.41 Å². The summed E-state index contributed by atoms with van der Waals surface area (Å²) in [6, 6.07) is 0. The fraction of sp³-hybridized carbons (Fsp3) is 0.700. The molecule has 1 aliphatic carbocycles. The normalized spacial score (nSPS) is 31.8. The minimum absolute atomic E-state index is 0.0842. The van der Waals surface area contributed by atoms with Crippen LogP contribution in [0.3, 0.4) is 0 Å². The van der Waals surface area contributed by atoms with Gasteiger partial charge in [-0.3, -0.25) is 14.4 Å². The van der Waals surface area contributed by atoms with E-state index < -0.39 is 21.7 Å². The lowest BCUT2D eigenvalue weighted by atomic mass is 10.0. The minimum Gasteiger partial charge on any atom is -0.468 e. The van der Waals surface area contributed by atoms with Gasteiger partial charge in [-0.05, 0) is 20.3 Å². The van der Waals surface area contributed by atoms with Crippen molar-refractivity contribution >= 4 is 33.7 Å². The maximum absolute atomic E-state index is 11.7. The molecule has 5 nitrogen and oxygen atoms in total. The van der Waals surface area contributed by atoms with Gasteiger partial charge in [-0.25, -0.2) is 0 Å². The molecule has 0 N–H and O–H groups in total. The molecular weight excluding hydrogens is 280 g/mol. The Balaban J connectivity index is 3.05. The van der Waals surface area contributed by atoms with Gasteiger partial charge in [0.1, 0.15) is 10.1 Å². The van der Waals surface area contributed by atoms with Crippen molar-refractivity contribution in [3.63, 3.8) is 0 Å². The number of rotatable bonds is 4. The number of methoxy groups -OCH3 is 1. The third-order valence-electron chi connectivity index (χ3n) is 2.78. The molecule has 0 aromatic heterocycles. The van der Waals surface area contributed by atoms with Gasteiger partial charge in [0.25, 0.3) is 0 Å². The first-order valence-electron chi connectivity index (χ1n) is 4.82. The van der Waals surface area contributed by atoms with Gasteiger partial charge in [0.2, 0.25) is 0 Å². The van der Waals surface area contributed by atoms with Crippen molar-refractivity contribution in [2.24, 2.45) is 5.41 Å². The van der Waals surface area contributed by atoms with Crippen molar-refractivity contribution in [3.05, 3.63) is 0 Å². The second-order valence-electron chi connectivity index (χ2n) is 3.65. The zero-order valence-electron chi connectivity index (χ0n) is 9.33. The molecule has 1 saturated carbocycles. The van der Waals surface area contributed by atoms with Crippen molar-refractivity contribution in [1.82, 2.24) is 0 Å². The van der Waals surface area contributed by atoms with Crippen molar-refractivity contribution in [3.8, 4) is 0 Å². The number of halogens is 1. The summed E-state index contributed by atoms with van der Waals surface area (Å²) < 4.78 is 8.22.